The van der Waals surface area contributed by atoms with Crippen molar-refractivity contribution >= 4 is 34.9 Å². The molecule has 0 saturated carbocycles. The summed E-state index contributed by atoms with van der Waals surface area (Å²) in [6, 6.07) is 18.6. The number of nitrogens with zero attached hydrogens (tertiary/aromatic N) is 4. The summed E-state index contributed by atoms with van der Waals surface area (Å²) in [5.41, 5.74) is 7.29. The molecule has 9 heteroatoms. The van der Waals surface area contributed by atoms with Gasteiger partial charge in [-0.3, -0.25) is 4.98 Å². The number of fused-ring (bicyclic) bond motifs is 6. The Hall–Kier alpha value is -4.66. The van der Waals surface area contributed by atoms with Gasteiger partial charge in [0.2, 0.25) is 5.95 Å². The van der Waals surface area contributed by atoms with Gasteiger partial charge in [0.05, 0.1) is 11.9 Å². The topological polar surface area (TPSA) is 104 Å². The lowest BCUT2D eigenvalue weighted by molar-refractivity contribution is 0.0882. The van der Waals surface area contributed by atoms with Crippen LogP contribution in [0.25, 0.3) is 0 Å². The minimum atomic E-state index is -0.246. The fraction of sp³-hybridized carbons (Fsp3) is 0.290. The van der Waals surface area contributed by atoms with Crippen molar-refractivity contribution in [3.8, 4) is 0 Å². The number of pyridine rings is 1. The number of nitrogens with one attached hydrogen (secondary N) is 3. The van der Waals surface area contributed by atoms with Gasteiger partial charge in [-0.15, -0.1) is 0 Å². The Bertz CT molecular complexity index is 1490. The van der Waals surface area contributed by atoms with Crippen LogP contribution in [0, 0.1) is 6.92 Å². The van der Waals surface area contributed by atoms with E-state index in [0.717, 1.165) is 65.3 Å². The van der Waals surface area contributed by atoms with Gasteiger partial charge in [-0.2, -0.15) is 4.98 Å². The molecule has 2 aromatic heterocycles. The fourth-order valence-electron chi connectivity index (χ4n) is 5.12. The SMILES string of the molecule is Cc1cnc2nc1Nc1ccc(NC3CCN(C(=O)OCc4ccccc4)CC3)c(c1)CCc1cncc(c1)N2. The van der Waals surface area contributed by atoms with Crippen molar-refractivity contribution in [1.29, 1.82) is 0 Å². The quantitative estimate of drug-likeness (QED) is 0.293. The molecule has 0 atom stereocenters. The second-order valence-electron chi connectivity index (χ2n) is 10.4. The van der Waals surface area contributed by atoms with Gasteiger partial charge in [0.15, 0.2) is 0 Å². The molecular formula is C31H33N7O2. The average Bonchev–Trinajstić information content (AvgIpc) is 2.99. The molecule has 2 aliphatic rings. The Morgan fingerprint density at radius 2 is 1.85 bits per heavy atom. The first-order valence-corrected chi connectivity index (χ1v) is 13.8. The first-order chi connectivity index (χ1) is 19.6. The second-order valence-corrected chi connectivity index (χ2v) is 10.4. The molecule has 0 spiro atoms. The monoisotopic (exact) mass is 535 g/mol. The van der Waals surface area contributed by atoms with E-state index < -0.39 is 0 Å². The molecule has 6 rings (SSSR count). The lowest BCUT2D eigenvalue weighted by Crippen LogP contribution is -2.42. The van der Waals surface area contributed by atoms with Crippen LogP contribution in [0.4, 0.5) is 33.6 Å². The van der Waals surface area contributed by atoms with Gasteiger partial charge >= 0.3 is 6.09 Å². The summed E-state index contributed by atoms with van der Waals surface area (Å²) in [5.74, 6) is 1.29. The predicted octanol–water partition coefficient (Wildman–Crippen LogP) is 5.98. The van der Waals surface area contributed by atoms with Crippen LogP contribution in [0.5, 0.6) is 0 Å². The van der Waals surface area contributed by atoms with Gasteiger partial charge in [-0.25, -0.2) is 9.78 Å². The molecule has 9 nitrogen and oxygen atoms in total. The molecule has 1 saturated heterocycles. The van der Waals surface area contributed by atoms with Crippen LogP contribution in [-0.2, 0) is 24.2 Å². The first-order valence-electron chi connectivity index (χ1n) is 13.8. The van der Waals surface area contributed by atoms with Crippen LogP contribution >= 0.6 is 0 Å². The van der Waals surface area contributed by atoms with Crippen molar-refractivity contribution in [1.82, 2.24) is 19.9 Å². The van der Waals surface area contributed by atoms with Gasteiger partial charge in [0, 0.05) is 48.5 Å². The summed E-state index contributed by atoms with van der Waals surface area (Å²) in [5, 5.41) is 10.5. The summed E-state index contributed by atoms with van der Waals surface area (Å²) < 4.78 is 5.54. The number of piperidine rings is 1. The zero-order chi connectivity index (χ0) is 27.3. The number of carbonyl (C=O) groups excluding carboxylic acids is 1. The third-order valence-corrected chi connectivity index (χ3v) is 7.39. The van der Waals surface area contributed by atoms with E-state index in [2.05, 4.69) is 50.2 Å². The molecular weight excluding hydrogens is 502 g/mol. The van der Waals surface area contributed by atoms with Gasteiger partial charge in [0.1, 0.15) is 12.4 Å². The summed E-state index contributed by atoms with van der Waals surface area (Å²) >= 11 is 0. The standard InChI is InChI=1S/C31H33N7O2/c1-21-17-33-30-36-27-15-23(18-32-19-27)7-8-24-16-26(35-29(21)37-30)9-10-28(24)34-25-11-13-38(14-12-25)31(39)40-20-22-5-3-2-4-6-22/h2-6,9-10,15-19,25,34H,7-8,11-14,20H2,1H3,(H2,33,35,36,37). The normalized spacial score (nSPS) is 15.0. The molecule has 2 aliphatic heterocycles. The Morgan fingerprint density at radius 1 is 1.00 bits per heavy atom. The largest absolute Gasteiger partial charge is 0.445 e. The van der Waals surface area contributed by atoms with Crippen LogP contribution in [0.3, 0.4) is 0 Å². The molecule has 40 heavy (non-hydrogen) atoms. The number of aryl methyl sites for hydroxylation is 3. The van der Waals surface area contributed by atoms with Gasteiger partial charge < -0.3 is 25.6 Å². The number of ether oxygens (including phenoxy) is 1. The van der Waals surface area contributed by atoms with Gasteiger partial charge in [0.25, 0.3) is 0 Å². The van der Waals surface area contributed by atoms with Crippen molar-refractivity contribution in [2.24, 2.45) is 0 Å². The predicted molar refractivity (Wildman–Crippen MR) is 156 cm³/mol. The first kappa shape index (κ1) is 25.6. The highest BCUT2D eigenvalue weighted by molar-refractivity contribution is 5.68. The molecule has 0 aliphatic carbocycles. The Labute approximate surface area is 234 Å². The zero-order valence-electron chi connectivity index (χ0n) is 22.6. The van der Waals surface area contributed by atoms with E-state index in [4.69, 9.17) is 9.72 Å². The van der Waals surface area contributed by atoms with Gasteiger partial charge in [-0.1, -0.05) is 30.3 Å². The highest BCUT2D eigenvalue weighted by Gasteiger charge is 2.24. The number of benzene rings is 2. The zero-order valence-corrected chi connectivity index (χ0v) is 22.6. The molecule has 3 N–H and O–H groups in total. The number of anilines is 5. The number of aromatic nitrogens is 3. The maximum Gasteiger partial charge on any atom is 0.410 e. The lowest BCUT2D eigenvalue weighted by Gasteiger charge is -2.32. The maximum absolute atomic E-state index is 12.6. The number of hydrogen-bond acceptors (Lipinski definition) is 8. The van der Waals surface area contributed by atoms with Crippen molar-refractivity contribution in [3.63, 3.8) is 0 Å². The molecule has 0 unspecified atom stereocenters. The highest BCUT2D eigenvalue weighted by Crippen LogP contribution is 2.29. The highest BCUT2D eigenvalue weighted by atomic mass is 16.6. The minimum Gasteiger partial charge on any atom is -0.445 e. The molecule has 1 amide bonds. The number of rotatable bonds is 4. The van der Waals surface area contributed by atoms with Crippen LogP contribution < -0.4 is 16.0 Å². The molecule has 4 heterocycles. The van der Waals surface area contributed by atoms with Crippen LogP contribution in [0.2, 0.25) is 0 Å². The summed E-state index contributed by atoms with van der Waals surface area (Å²) in [7, 11) is 0. The van der Waals surface area contributed by atoms with Crippen molar-refractivity contribution in [3.05, 3.63) is 95.4 Å². The number of carbonyl (C=O) groups is 1. The number of likely N-dealkylation sites (tertiary alicyclic amines) is 1. The van der Waals surface area contributed by atoms with Crippen LogP contribution in [-0.4, -0.2) is 45.1 Å². The summed E-state index contributed by atoms with van der Waals surface area (Å²) in [6.45, 7) is 3.63. The van der Waals surface area contributed by atoms with E-state index >= 15 is 0 Å². The lowest BCUT2D eigenvalue weighted by atomic mass is 10.0. The number of amides is 1. The van der Waals surface area contributed by atoms with E-state index in [1.807, 2.05) is 54.5 Å². The summed E-state index contributed by atoms with van der Waals surface area (Å²) in [6.07, 6.45) is 8.70. The molecule has 1 fully saturated rings. The summed E-state index contributed by atoms with van der Waals surface area (Å²) in [4.78, 5) is 28.0. The van der Waals surface area contributed by atoms with E-state index in [1.165, 1.54) is 5.56 Å². The smallest absolute Gasteiger partial charge is 0.410 e. The number of hydrogen-bond donors (Lipinski definition) is 3. The van der Waals surface area contributed by atoms with Crippen molar-refractivity contribution in [2.45, 2.75) is 45.3 Å². The molecule has 204 valence electrons. The molecule has 2 aromatic carbocycles. The van der Waals surface area contributed by atoms with E-state index in [1.54, 1.807) is 6.20 Å². The Kier molecular flexibility index (Phi) is 7.43. The average molecular weight is 536 g/mol. The third kappa shape index (κ3) is 6.14. The second kappa shape index (κ2) is 11.6. The van der Waals surface area contributed by atoms with E-state index in [-0.39, 0.29) is 12.1 Å². The Morgan fingerprint density at radius 3 is 2.70 bits per heavy atom. The van der Waals surface area contributed by atoms with Crippen LogP contribution in [0.15, 0.2) is 73.2 Å². The van der Waals surface area contributed by atoms with Crippen molar-refractivity contribution in [2.75, 3.05) is 29.0 Å². The Balaban J connectivity index is 1.14. The van der Waals surface area contributed by atoms with Gasteiger partial charge in [-0.05, 0) is 73.6 Å². The molecule has 4 aromatic rings. The van der Waals surface area contributed by atoms with Crippen molar-refractivity contribution < 1.29 is 9.53 Å². The maximum atomic E-state index is 12.6. The van der Waals surface area contributed by atoms with E-state index in [9.17, 15) is 4.79 Å². The minimum absolute atomic E-state index is 0.246. The molecule has 6 bridgehead atoms. The third-order valence-electron chi connectivity index (χ3n) is 7.39. The fourth-order valence-corrected chi connectivity index (χ4v) is 5.12. The van der Waals surface area contributed by atoms with Crippen LogP contribution in [0.1, 0.15) is 35.1 Å². The van der Waals surface area contributed by atoms with E-state index in [0.29, 0.717) is 25.6 Å². The molecule has 0 radical (unpaired) electrons.